The number of hydrogen-bond donors (Lipinski definition) is 0. The Bertz CT molecular complexity index is 1300. The van der Waals surface area contributed by atoms with E-state index in [4.69, 9.17) is 13.9 Å². The predicted molar refractivity (Wildman–Crippen MR) is 115 cm³/mol. The van der Waals surface area contributed by atoms with Crippen LogP contribution in [0.25, 0.3) is 22.3 Å². The molecule has 150 valence electrons. The quantitative estimate of drug-likeness (QED) is 0.435. The molecule has 4 rings (SSSR count). The zero-order valence-corrected chi connectivity index (χ0v) is 16.9. The first-order chi connectivity index (χ1) is 14.5. The monoisotopic (exact) mass is 400 g/mol. The van der Waals surface area contributed by atoms with Crippen LogP contribution in [0, 0.1) is 13.8 Å². The molecule has 5 nitrogen and oxygen atoms in total. The van der Waals surface area contributed by atoms with Gasteiger partial charge < -0.3 is 13.9 Å². The minimum Gasteiger partial charge on any atom is -0.496 e. The van der Waals surface area contributed by atoms with Crippen molar-refractivity contribution in [3.63, 3.8) is 0 Å². The molecule has 0 fully saturated rings. The first kappa shape index (κ1) is 19.5. The minimum absolute atomic E-state index is 0.146. The van der Waals surface area contributed by atoms with Gasteiger partial charge in [-0.25, -0.2) is 4.79 Å². The summed E-state index contributed by atoms with van der Waals surface area (Å²) in [4.78, 5) is 26.2. The third kappa shape index (κ3) is 3.57. The lowest BCUT2D eigenvalue weighted by Gasteiger charge is -2.12. The number of ether oxygens (including phenoxy) is 2. The first-order valence-corrected chi connectivity index (χ1v) is 9.47. The molecule has 1 aromatic heterocycles. The fraction of sp³-hybridized carbons (Fsp3) is 0.120. The second-order valence-corrected chi connectivity index (χ2v) is 7.04. The summed E-state index contributed by atoms with van der Waals surface area (Å²) in [5.74, 6) is -0.270. The van der Waals surface area contributed by atoms with Crippen LogP contribution < -0.4 is 14.9 Å². The third-order valence-corrected chi connectivity index (χ3v) is 4.84. The summed E-state index contributed by atoms with van der Waals surface area (Å²) in [5, 5.41) is 0.355. The van der Waals surface area contributed by atoms with Gasteiger partial charge in [0.15, 0.2) is 5.76 Å². The molecule has 1 heterocycles. The number of methoxy groups -OCH3 is 1. The van der Waals surface area contributed by atoms with Gasteiger partial charge >= 0.3 is 5.97 Å². The van der Waals surface area contributed by atoms with E-state index >= 15 is 0 Å². The third-order valence-electron chi connectivity index (χ3n) is 4.84. The molecule has 0 aliphatic carbocycles. The molecule has 0 saturated carbocycles. The number of hydrogen-bond acceptors (Lipinski definition) is 5. The van der Waals surface area contributed by atoms with E-state index in [0.29, 0.717) is 22.3 Å². The number of para-hydroxylation sites is 1. The van der Waals surface area contributed by atoms with E-state index in [1.54, 1.807) is 36.4 Å². The van der Waals surface area contributed by atoms with Crippen LogP contribution in [0.4, 0.5) is 0 Å². The van der Waals surface area contributed by atoms with Crippen LogP contribution in [-0.2, 0) is 0 Å². The van der Waals surface area contributed by atoms with Gasteiger partial charge in [0.25, 0.3) is 0 Å². The molecule has 5 heteroatoms. The molecule has 4 aromatic rings. The molecule has 30 heavy (non-hydrogen) atoms. The van der Waals surface area contributed by atoms with Crippen molar-refractivity contribution in [1.29, 1.82) is 0 Å². The van der Waals surface area contributed by atoms with E-state index in [-0.39, 0.29) is 17.1 Å². The lowest BCUT2D eigenvalue weighted by atomic mass is 10.1. The van der Waals surface area contributed by atoms with Gasteiger partial charge in [0, 0.05) is 5.56 Å². The Kier molecular flexibility index (Phi) is 5.11. The standard InChI is InChI=1S/C25H20O5/c1-15-8-11-17(12-9-15)23-24(22(26)19-14-16(2)10-13-21(19)29-23)30-25(27)18-6-4-5-7-20(18)28-3/h4-14H,1-3H3. The average molecular weight is 400 g/mol. The predicted octanol–water partition coefficient (Wildman–Crippen LogP) is 5.30. The second kappa shape index (κ2) is 7.87. The maximum atomic E-state index is 13.3. The lowest BCUT2D eigenvalue weighted by Crippen LogP contribution is -2.17. The van der Waals surface area contributed by atoms with Crippen molar-refractivity contribution in [3.8, 4) is 22.8 Å². The van der Waals surface area contributed by atoms with Crippen molar-refractivity contribution in [2.45, 2.75) is 13.8 Å². The van der Waals surface area contributed by atoms with Crippen LogP contribution in [0.1, 0.15) is 21.5 Å². The maximum Gasteiger partial charge on any atom is 0.347 e. The Balaban J connectivity index is 1.91. The molecule has 0 amide bonds. The summed E-state index contributed by atoms with van der Waals surface area (Å²) < 4.78 is 16.9. The highest BCUT2D eigenvalue weighted by molar-refractivity contribution is 5.95. The van der Waals surface area contributed by atoms with E-state index in [9.17, 15) is 9.59 Å². The molecular weight excluding hydrogens is 380 g/mol. The second-order valence-electron chi connectivity index (χ2n) is 7.04. The van der Waals surface area contributed by atoms with Crippen molar-refractivity contribution >= 4 is 16.9 Å². The van der Waals surface area contributed by atoms with Gasteiger partial charge in [0.2, 0.25) is 11.2 Å². The highest BCUT2D eigenvalue weighted by Crippen LogP contribution is 2.32. The van der Waals surface area contributed by atoms with Crippen molar-refractivity contribution < 1.29 is 18.7 Å². The van der Waals surface area contributed by atoms with Crippen LogP contribution in [-0.4, -0.2) is 13.1 Å². The number of fused-ring (bicyclic) bond motifs is 1. The normalized spacial score (nSPS) is 10.8. The lowest BCUT2D eigenvalue weighted by molar-refractivity contribution is 0.0728. The van der Waals surface area contributed by atoms with Crippen molar-refractivity contribution in [2.75, 3.05) is 7.11 Å². The van der Waals surface area contributed by atoms with E-state index in [1.165, 1.54) is 7.11 Å². The van der Waals surface area contributed by atoms with E-state index in [1.807, 2.05) is 44.2 Å². The Morgan fingerprint density at radius 2 is 1.60 bits per heavy atom. The number of esters is 1. The SMILES string of the molecule is COc1ccccc1C(=O)Oc1c(-c2ccc(C)cc2)oc2ccc(C)cc2c1=O. The number of rotatable bonds is 4. The fourth-order valence-corrected chi connectivity index (χ4v) is 3.24. The van der Waals surface area contributed by atoms with Crippen LogP contribution in [0.2, 0.25) is 0 Å². The van der Waals surface area contributed by atoms with Crippen LogP contribution in [0.3, 0.4) is 0 Å². The molecule has 0 unspecified atom stereocenters. The largest absolute Gasteiger partial charge is 0.496 e. The summed E-state index contributed by atoms with van der Waals surface area (Å²) in [5.41, 5.74) is 2.85. The number of benzene rings is 3. The average Bonchev–Trinajstić information content (AvgIpc) is 2.76. The van der Waals surface area contributed by atoms with Gasteiger partial charge in [-0.05, 0) is 38.1 Å². The number of carbonyl (C=O) groups excluding carboxylic acids is 1. The fourth-order valence-electron chi connectivity index (χ4n) is 3.24. The van der Waals surface area contributed by atoms with Gasteiger partial charge in [-0.15, -0.1) is 0 Å². The topological polar surface area (TPSA) is 65.7 Å². The maximum absolute atomic E-state index is 13.3. The number of aryl methyl sites for hydroxylation is 2. The Morgan fingerprint density at radius 3 is 2.33 bits per heavy atom. The van der Waals surface area contributed by atoms with Crippen molar-refractivity contribution in [1.82, 2.24) is 0 Å². The summed E-state index contributed by atoms with van der Waals surface area (Å²) in [6, 6.07) is 19.5. The van der Waals surface area contributed by atoms with E-state index < -0.39 is 11.4 Å². The zero-order chi connectivity index (χ0) is 21.3. The van der Waals surface area contributed by atoms with Gasteiger partial charge in [-0.3, -0.25) is 4.79 Å². The van der Waals surface area contributed by atoms with Gasteiger partial charge in [-0.2, -0.15) is 0 Å². The van der Waals surface area contributed by atoms with Crippen molar-refractivity contribution in [3.05, 3.63) is 93.6 Å². The Labute approximate surface area is 173 Å². The highest BCUT2D eigenvalue weighted by atomic mass is 16.5. The zero-order valence-electron chi connectivity index (χ0n) is 16.9. The van der Waals surface area contributed by atoms with Gasteiger partial charge in [0.05, 0.1) is 12.5 Å². The summed E-state index contributed by atoms with van der Waals surface area (Å²) in [6.07, 6.45) is 0. The molecule has 3 aromatic carbocycles. The van der Waals surface area contributed by atoms with Gasteiger partial charge in [-0.1, -0.05) is 53.6 Å². The molecule has 0 radical (unpaired) electrons. The number of carbonyl (C=O) groups is 1. The van der Waals surface area contributed by atoms with Crippen LogP contribution >= 0.6 is 0 Å². The van der Waals surface area contributed by atoms with Crippen LogP contribution in [0.15, 0.2) is 75.9 Å². The molecular formula is C25H20O5. The van der Waals surface area contributed by atoms with E-state index in [2.05, 4.69) is 0 Å². The summed E-state index contributed by atoms with van der Waals surface area (Å²) >= 11 is 0. The molecule has 0 aliphatic heterocycles. The molecule has 0 aliphatic rings. The smallest absolute Gasteiger partial charge is 0.347 e. The molecule has 0 saturated heterocycles. The van der Waals surface area contributed by atoms with Gasteiger partial charge in [0.1, 0.15) is 16.9 Å². The molecule has 0 spiro atoms. The molecule has 0 N–H and O–H groups in total. The van der Waals surface area contributed by atoms with Crippen molar-refractivity contribution in [2.24, 2.45) is 0 Å². The summed E-state index contributed by atoms with van der Waals surface area (Å²) in [6.45, 7) is 3.85. The first-order valence-electron chi connectivity index (χ1n) is 9.47. The Hall–Kier alpha value is -3.86. The molecule has 0 atom stereocenters. The minimum atomic E-state index is -0.694. The Morgan fingerprint density at radius 1 is 0.900 bits per heavy atom. The highest BCUT2D eigenvalue weighted by Gasteiger charge is 2.23. The molecule has 0 bridgehead atoms. The van der Waals surface area contributed by atoms with Crippen LogP contribution in [0.5, 0.6) is 11.5 Å². The van der Waals surface area contributed by atoms with E-state index in [0.717, 1.165) is 11.1 Å². The summed E-state index contributed by atoms with van der Waals surface area (Å²) in [7, 11) is 1.47.